The van der Waals surface area contributed by atoms with Crippen LogP contribution in [-0.2, 0) is 0 Å². The summed E-state index contributed by atoms with van der Waals surface area (Å²) in [6, 6.07) is 15.9. The second kappa shape index (κ2) is 7.65. The number of hydrogen-bond donors (Lipinski definition) is 2. The third kappa shape index (κ3) is 4.80. The van der Waals surface area contributed by atoms with Gasteiger partial charge >= 0.3 is 6.03 Å². The molecular weight excluding hydrogens is 276 g/mol. The Hall–Kier alpha value is -3.06. The van der Waals surface area contributed by atoms with E-state index in [-0.39, 0.29) is 18.4 Å². The molecule has 2 amide bonds. The zero-order valence-corrected chi connectivity index (χ0v) is 12.2. The van der Waals surface area contributed by atoms with Crippen molar-refractivity contribution in [1.29, 1.82) is 0 Å². The Labute approximate surface area is 129 Å². The smallest absolute Gasteiger partial charge is 0.319 e. The molecule has 2 aromatic carbocycles. The topological polar surface area (TPSA) is 58.2 Å². The second-order valence-corrected chi connectivity index (χ2v) is 4.61. The van der Waals surface area contributed by atoms with Crippen LogP contribution in [0.3, 0.4) is 0 Å². The maximum atomic E-state index is 11.6. The van der Waals surface area contributed by atoms with E-state index >= 15 is 0 Å². The highest BCUT2D eigenvalue weighted by Crippen LogP contribution is 2.04. The van der Waals surface area contributed by atoms with Gasteiger partial charge in [-0.1, -0.05) is 42.2 Å². The molecule has 4 heteroatoms. The van der Waals surface area contributed by atoms with Gasteiger partial charge in [0.05, 0.1) is 6.54 Å². The average Bonchev–Trinajstić information content (AvgIpc) is 2.53. The lowest BCUT2D eigenvalue weighted by molar-refractivity contribution is 0.101. The summed E-state index contributed by atoms with van der Waals surface area (Å²) in [5, 5.41) is 5.36. The Kier molecular flexibility index (Phi) is 5.33. The minimum Gasteiger partial charge on any atom is -0.327 e. The number of para-hydroxylation sites is 1. The Morgan fingerprint density at radius 1 is 1.00 bits per heavy atom. The fourth-order valence-corrected chi connectivity index (χ4v) is 1.76. The molecule has 0 bridgehead atoms. The quantitative estimate of drug-likeness (QED) is 0.674. The molecule has 2 rings (SSSR count). The molecule has 110 valence electrons. The van der Waals surface area contributed by atoms with Crippen LogP contribution in [0.4, 0.5) is 10.5 Å². The van der Waals surface area contributed by atoms with E-state index in [9.17, 15) is 9.59 Å². The summed E-state index contributed by atoms with van der Waals surface area (Å²) >= 11 is 0. The standard InChI is InChI=1S/C18H16N2O2/c1-14(21)16-11-9-15(10-12-16)6-5-13-19-18(22)20-17-7-3-2-4-8-17/h2-4,7-12H,13H2,1H3,(H2,19,20,22). The van der Waals surface area contributed by atoms with Gasteiger partial charge in [-0.15, -0.1) is 0 Å². The molecule has 0 heterocycles. The largest absolute Gasteiger partial charge is 0.327 e. The molecule has 0 aliphatic carbocycles. The van der Waals surface area contributed by atoms with E-state index in [2.05, 4.69) is 22.5 Å². The van der Waals surface area contributed by atoms with Crippen LogP contribution in [0.25, 0.3) is 0 Å². The monoisotopic (exact) mass is 292 g/mol. The highest BCUT2D eigenvalue weighted by molar-refractivity contribution is 5.94. The van der Waals surface area contributed by atoms with Crippen molar-refractivity contribution in [2.45, 2.75) is 6.92 Å². The van der Waals surface area contributed by atoms with Crippen LogP contribution < -0.4 is 10.6 Å². The summed E-state index contributed by atoms with van der Waals surface area (Å²) in [4.78, 5) is 22.8. The SMILES string of the molecule is CC(=O)c1ccc(C#CCNC(=O)Nc2ccccc2)cc1. The first-order valence-electron chi connectivity index (χ1n) is 6.85. The summed E-state index contributed by atoms with van der Waals surface area (Å²) in [7, 11) is 0. The fourth-order valence-electron chi connectivity index (χ4n) is 1.76. The van der Waals surface area contributed by atoms with Gasteiger partial charge in [0.2, 0.25) is 0 Å². The normalized spacial score (nSPS) is 9.32. The van der Waals surface area contributed by atoms with Crippen LogP contribution in [0, 0.1) is 11.8 Å². The van der Waals surface area contributed by atoms with E-state index in [1.54, 1.807) is 24.3 Å². The predicted molar refractivity (Wildman–Crippen MR) is 86.8 cm³/mol. The number of Topliss-reactive ketones (excluding diaryl/α,β-unsaturated/α-hetero) is 1. The molecule has 0 atom stereocenters. The molecular formula is C18H16N2O2. The van der Waals surface area contributed by atoms with Crippen LogP contribution in [0.2, 0.25) is 0 Å². The zero-order chi connectivity index (χ0) is 15.8. The maximum absolute atomic E-state index is 11.6. The number of nitrogens with one attached hydrogen (secondary N) is 2. The molecule has 0 radical (unpaired) electrons. The molecule has 22 heavy (non-hydrogen) atoms. The van der Waals surface area contributed by atoms with Gasteiger partial charge < -0.3 is 10.6 Å². The Balaban J connectivity index is 1.81. The van der Waals surface area contributed by atoms with Crippen molar-refractivity contribution in [1.82, 2.24) is 5.32 Å². The predicted octanol–water partition coefficient (Wildman–Crippen LogP) is 3.06. The van der Waals surface area contributed by atoms with Gasteiger partial charge in [0, 0.05) is 16.8 Å². The number of ketones is 1. The minimum absolute atomic E-state index is 0.0266. The summed E-state index contributed by atoms with van der Waals surface area (Å²) in [6.45, 7) is 1.77. The molecule has 2 N–H and O–H groups in total. The fraction of sp³-hybridized carbons (Fsp3) is 0.111. The van der Waals surface area contributed by atoms with Gasteiger partial charge in [0.1, 0.15) is 0 Å². The molecule has 0 aliphatic heterocycles. The molecule has 0 saturated heterocycles. The summed E-state index contributed by atoms with van der Waals surface area (Å²) in [6.07, 6.45) is 0. The number of carbonyl (C=O) groups is 2. The van der Waals surface area contributed by atoms with Gasteiger partial charge in [-0.25, -0.2) is 4.79 Å². The second-order valence-electron chi connectivity index (χ2n) is 4.61. The van der Waals surface area contributed by atoms with E-state index in [0.29, 0.717) is 5.56 Å². The summed E-state index contributed by atoms with van der Waals surface area (Å²) < 4.78 is 0. The Bertz CT molecular complexity index is 710. The molecule has 0 fully saturated rings. The Morgan fingerprint density at radius 2 is 1.68 bits per heavy atom. The van der Waals surface area contributed by atoms with Gasteiger partial charge in [-0.2, -0.15) is 0 Å². The van der Waals surface area contributed by atoms with E-state index < -0.39 is 0 Å². The van der Waals surface area contributed by atoms with Crippen molar-refractivity contribution in [2.75, 3.05) is 11.9 Å². The van der Waals surface area contributed by atoms with Crippen molar-refractivity contribution >= 4 is 17.5 Å². The van der Waals surface area contributed by atoms with Crippen LogP contribution >= 0.6 is 0 Å². The first-order chi connectivity index (χ1) is 10.6. The number of benzene rings is 2. The van der Waals surface area contributed by atoms with Gasteiger partial charge in [-0.3, -0.25) is 4.79 Å². The van der Waals surface area contributed by atoms with Crippen molar-refractivity contribution < 1.29 is 9.59 Å². The third-order valence-corrected chi connectivity index (χ3v) is 2.89. The maximum Gasteiger partial charge on any atom is 0.319 e. The molecule has 0 unspecified atom stereocenters. The lowest BCUT2D eigenvalue weighted by Crippen LogP contribution is -2.28. The highest BCUT2D eigenvalue weighted by Gasteiger charge is 1.98. The van der Waals surface area contributed by atoms with Crippen LogP contribution in [0.1, 0.15) is 22.8 Å². The van der Waals surface area contributed by atoms with Crippen LogP contribution in [0.15, 0.2) is 54.6 Å². The third-order valence-electron chi connectivity index (χ3n) is 2.89. The first-order valence-corrected chi connectivity index (χ1v) is 6.85. The number of hydrogen-bond acceptors (Lipinski definition) is 2. The number of rotatable bonds is 3. The van der Waals surface area contributed by atoms with Crippen LogP contribution in [-0.4, -0.2) is 18.4 Å². The molecule has 2 aromatic rings. The van der Waals surface area contributed by atoms with E-state index in [1.807, 2.05) is 30.3 Å². The molecule has 0 spiro atoms. The molecule has 0 aliphatic rings. The molecule has 0 aromatic heterocycles. The van der Waals surface area contributed by atoms with Crippen molar-refractivity contribution in [2.24, 2.45) is 0 Å². The van der Waals surface area contributed by atoms with E-state index in [4.69, 9.17) is 0 Å². The van der Waals surface area contributed by atoms with Gasteiger partial charge in [0.25, 0.3) is 0 Å². The number of urea groups is 1. The Morgan fingerprint density at radius 3 is 2.32 bits per heavy atom. The van der Waals surface area contributed by atoms with Crippen molar-refractivity contribution in [3.05, 3.63) is 65.7 Å². The highest BCUT2D eigenvalue weighted by atomic mass is 16.2. The first kappa shape index (κ1) is 15.3. The van der Waals surface area contributed by atoms with Crippen molar-refractivity contribution in [3.8, 4) is 11.8 Å². The van der Waals surface area contributed by atoms with E-state index in [0.717, 1.165) is 11.3 Å². The molecule has 0 saturated carbocycles. The lowest BCUT2D eigenvalue weighted by atomic mass is 10.1. The van der Waals surface area contributed by atoms with Gasteiger partial charge in [-0.05, 0) is 31.2 Å². The van der Waals surface area contributed by atoms with E-state index in [1.165, 1.54) is 6.92 Å². The van der Waals surface area contributed by atoms with Crippen molar-refractivity contribution in [3.63, 3.8) is 0 Å². The van der Waals surface area contributed by atoms with Gasteiger partial charge in [0.15, 0.2) is 5.78 Å². The number of anilines is 1. The summed E-state index contributed by atoms with van der Waals surface area (Å²) in [5.41, 5.74) is 2.19. The average molecular weight is 292 g/mol. The van der Waals surface area contributed by atoms with Crippen LogP contribution in [0.5, 0.6) is 0 Å². The molecule has 4 nitrogen and oxygen atoms in total. The summed E-state index contributed by atoms with van der Waals surface area (Å²) in [5.74, 6) is 5.81. The zero-order valence-electron chi connectivity index (χ0n) is 12.2. The number of carbonyl (C=O) groups excluding carboxylic acids is 2. The minimum atomic E-state index is -0.299. The number of amides is 2. The lowest BCUT2D eigenvalue weighted by Gasteiger charge is -2.04.